The Morgan fingerprint density at radius 3 is 2.61 bits per heavy atom. The molecule has 0 amide bonds. The van der Waals surface area contributed by atoms with Crippen LogP contribution >= 0.6 is 0 Å². The van der Waals surface area contributed by atoms with Gasteiger partial charge in [-0.25, -0.2) is 14.3 Å². The van der Waals surface area contributed by atoms with Gasteiger partial charge in [0, 0.05) is 12.1 Å². The number of hydrogen-bond acceptors (Lipinski definition) is 7. The minimum Gasteiger partial charge on any atom is -0.492 e. The van der Waals surface area contributed by atoms with Gasteiger partial charge in [0.05, 0.1) is 6.61 Å². The molecule has 0 aliphatic carbocycles. The number of fused-ring (bicyclic) bond motifs is 1. The lowest BCUT2D eigenvalue weighted by molar-refractivity contribution is 0.265. The summed E-state index contributed by atoms with van der Waals surface area (Å²) in [5.41, 5.74) is 2.54. The Morgan fingerprint density at radius 2 is 1.83 bits per heavy atom. The van der Waals surface area contributed by atoms with E-state index in [1.54, 1.807) is 0 Å². The van der Waals surface area contributed by atoms with Crippen molar-refractivity contribution < 1.29 is 23.4 Å². The van der Waals surface area contributed by atoms with Crippen LogP contribution in [0, 0.1) is 6.92 Å². The van der Waals surface area contributed by atoms with E-state index in [2.05, 4.69) is 29.2 Å². The van der Waals surface area contributed by atoms with Gasteiger partial charge < -0.3 is 23.4 Å². The molecule has 184 valence electrons. The smallest absolute Gasteiger partial charge is 0.421 e. The van der Waals surface area contributed by atoms with Gasteiger partial charge in [-0.1, -0.05) is 36.4 Å². The summed E-state index contributed by atoms with van der Waals surface area (Å²) in [6, 6.07) is 19.9. The number of rotatable bonds is 9. The molecule has 8 nitrogen and oxygen atoms in total. The van der Waals surface area contributed by atoms with Crippen molar-refractivity contribution >= 4 is 10.8 Å². The lowest BCUT2D eigenvalue weighted by atomic mass is 10.1. The topological polar surface area (TPSA) is 99.9 Å². The molecular weight excluding hydrogens is 460 g/mol. The minimum absolute atomic E-state index is 0.198. The molecule has 36 heavy (non-hydrogen) atoms. The molecule has 1 N–H and O–H groups in total. The summed E-state index contributed by atoms with van der Waals surface area (Å²) in [6.45, 7) is 4.74. The molecule has 0 atom stereocenters. The van der Waals surface area contributed by atoms with E-state index in [1.807, 2.05) is 50.2 Å². The molecule has 0 aliphatic heterocycles. The Labute approximate surface area is 207 Å². The minimum atomic E-state index is -0.594. The van der Waals surface area contributed by atoms with Gasteiger partial charge in [-0.3, -0.25) is 0 Å². The van der Waals surface area contributed by atoms with E-state index in [-0.39, 0.29) is 19.0 Å². The van der Waals surface area contributed by atoms with Gasteiger partial charge in [0.15, 0.2) is 17.8 Å². The van der Waals surface area contributed by atoms with Gasteiger partial charge in [-0.2, -0.15) is 0 Å². The van der Waals surface area contributed by atoms with E-state index in [1.165, 1.54) is 4.57 Å². The predicted molar refractivity (Wildman–Crippen MR) is 134 cm³/mol. The van der Waals surface area contributed by atoms with Crippen LogP contribution in [0.15, 0.2) is 80.6 Å². The molecule has 0 fully saturated rings. The Kier molecular flexibility index (Phi) is 6.49. The first kappa shape index (κ1) is 23.3. The maximum absolute atomic E-state index is 11.7. The Morgan fingerprint density at radius 1 is 1.00 bits per heavy atom. The summed E-state index contributed by atoms with van der Waals surface area (Å²) in [5, 5.41) is 12.0. The number of benzene rings is 3. The van der Waals surface area contributed by atoms with Crippen molar-refractivity contribution in [3.05, 3.63) is 94.5 Å². The molecule has 0 spiro atoms. The highest BCUT2D eigenvalue weighted by Gasteiger charge is 2.15. The van der Waals surface area contributed by atoms with Crippen molar-refractivity contribution in [1.82, 2.24) is 9.55 Å². The normalized spacial score (nSPS) is 11.2. The number of aryl methyl sites for hydroxylation is 2. The Balaban J connectivity index is 1.30. The van der Waals surface area contributed by atoms with E-state index >= 15 is 0 Å². The van der Waals surface area contributed by atoms with Crippen LogP contribution in [0.3, 0.4) is 0 Å². The first-order valence-electron chi connectivity index (χ1n) is 11.7. The fraction of sp³-hybridized carbons (Fsp3) is 0.214. The van der Waals surface area contributed by atoms with Crippen LogP contribution < -0.4 is 15.2 Å². The molecule has 2 heterocycles. The highest BCUT2D eigenvalue weighted by molar-refractivity contribution is 5.86. The largest absolute Gasteiger partial charge is 0.492 e. The second-order valence-corrected chi connectivity index (χ2v) is 8.35. The summed E-state index contributed by atoms with van der Waals surface area (Å²) >= 11 is 0. The van der Waals surface area contributed by atoms with Crippen molar-refractivity contribution in [2.24, 2.45) is 0 Å². The Bertz CT molecular complexity index is 1560. The molecule has 0 saturated carbocycles. The summed E-state index contributed by atoms with van der Waals surface area (Å²) in [6.07, 6.45) is 1.53. The third-order valence-corrected chi connectivity index (χ3v) is 5.95. The zero-order valence-corrected chi connectivity index (χ0v) is 20.1. The summed E-state index contributed by atoms with van der Waals surface area (Å²) in [5.74, 6) is 1.63. The molecule has 0 saturated heterocycles. The second-order valence-electron chi connectivity index (χ2n) is 8.35. The SMILES string of the molecule is CCOc1cc(CCn2c(O)coc2=O)ccc1OCc1nc(-c2ccc3ccccc3c2)oc1C. The van der Waals surface area contributed by atoms with E-state index in [4.69, 9.17) is 18.3 Å². The van der Waals surface area contributed by atoms with E-state index in [9.17, 15) is 9.90 Å². The highest BCUT2D eigenvalue weighted by Crippen LogP contribution is 2.31. The number of hydrogen-bond donors (Lipinski definition) is 1. The summed E-state index contributed by atoms with van der Waals surface area (Å²) < 4.78 is 23.7. The first-order valence-corrected chi connectivity index (χ1v) is 11.7. The van der Waals surface area contributed by atoms with Gasteiger partial charge >= 0.3 is 5.76 Å². The van der Waals surface area contributed by atoms with Crippen LogP contribution in [0.1, 0.15) is 23.9 Å². The van der Waals surface area contributed by atoms with E-state index < -0.39 is 5.76 Å². The van der Waals surface area contributed by atoms with Crippen molar-refractivity contribution in [3.63, 3.8) is 0 Å². The lowest BCUT2D eigenvalue weighted by Crippen LogP contribution is -2.15. The number of oxazole rings is 2. The highest BCUT2D eigenvalue weighted by atomic mass is 16.5. The molecule has 0 bridgehead atoms. The number of aromatic hydroxyl groups is 1. The fourth-order valence-corrected chi connectivity index (χ4v) is 4.02. The average Bonchev–Trinajstić information content (AvgIpc) is 3.42. The van der Waals surface area contributed by atoms with Crippen molar-refractivity contribution in [2.45, 2.75) is 33.4 Å². The van der Waals surface area contributed by atoms with Crippen LogP contribution in [0.2, 0.25) is 0 Å². The maximum Gasteiger partial charge on any atom is 0.421 e. The molecule has 0 unspecified atom stereocenters. The Hall–Kier alpha value is -4.46. The molecule has 5 rings (SSSR count). The zero-order valence-electron chi connectivity index (χ0n) is 20.1. The van der Waals surface area contributed by atoms with Crippen LogP contribution in [-0.4, -0.2) is 21.3 Å². The van der Waals surface area contributed by atoms with Crippen LogP contribution in [-0.2, 0) is 19.6 Å². The number of nitrogens with zero attached hydrogens (tertiary/aromatic N) is 2. The number of aromatic nitrogens is 2. The van der Waals surface area contributed by atoms with E-state index in [0.29, 0.717) is 41.9 Å². The van der Waals surface area contributed by atoms with Gasteiger partial charge in [0.1, 0.15) is 18.1 Å². The molecular formula is C28H26N2O6. The van der Waals surface area contributed by atoms with Crippen LogP contribution in [0.5, 0.6) is 17.4 Å². The summed E-state index contributed by atoms with van der Waals surface area (Å²) in [4.78, 5) is 16.3. The van der Waals surface area contributed by atoms with E-state index in [0.717, 1.165) is 28.2 Å². The van der Waals surface area contributed by atoms with Gasteiger partial charge in [-0.05, 0) is 60.9 Å². The van der Waals surface area contributed by atoms with Crippen molar-refractivity contribution in [1.29, 1.82) is 0 Å². The van der Waals surface area contributed by atoms with Gasteiger partial charge in [0.25, 0.3) is 0 Å². The van der Waals surface area contributed by atoms with Gasteiger partial charge in [0.2, 0.25) is 11.8 Å². The van der Waals surface area contributed by atoms with Crippen molar-refractivity contribution in [2.75, 3.05) is 6.61 Å². The molecule has 2 aromatic heterocycles. The van der Waals surface area contributed by atoms with Crippen LogP contribution in [0.4, 0.5) is 0 Å². The third kappa shape index (κ3) is 4.84. The second kappa shape index (κ2) is 10.0. The quantitative estimate of drug-likeness (QED) is 0.294. The third-order valence-electron chi connectivity index (χ3n) is 5.95. The molecule has 0 radical (unpaired) electrons. The average molecular weight is 487 g/mol. The standard InChI is InChI=1S/C28H26N2O6/c1-3-33-25-14-19(12-13-30-26(31)17-35-28(30)32)8-11-24(25)34-16-23-18(2)36-27(29-23)22-10-9-20-6-4-5-7-21(20)15-22/h4-11,14-15,17,31H,3,12-13,16H2,1-2H3. The van der Waals surface area contributed by atoms with Crippen molar-refractivity contribution in [3.8, 4) is 28.8 Å². The summed E-state index contributed by atoms with van der Waals surface area (Å²) in [7, 11) is 0. The predicted octanol–water partition coefficient (Wildman–Crippen LogP) is 5.48. The monoisotopic (exact) mass is 486 g/mol. The zero-order chi connectivity index (χ0) is 25.1. The van der Waals surface area contributed by atoms with Gasteiger partial charge in [-0.15, -0.1) is 0 Å². The first-order chi connectivity index (χ1) is 17.5. The van der Waals surface area contributed by atoms with Crippen LogP contribution in [0.25, 0.3) is 22.2 Å². The fourth-order valence-electron chi connectivity index (χ4n) is 4.02. The lowest BCUT2D eigenvalue weighted by Gasteiger charge is -2.13. The molecule has 8 heteroatoms. The number of ether oxygens (including phenoxy) is 2. The maximum atomic E-state index is 11.7. The molecule has 3 aromatic carbocycles. The molecule has 0 aliphatic rings. The molecule has 5 aromatic rings.